The SMILES string of the molecule is CCCn1ccnc1CC(NCC)c1ccc(F)cc1Cl. The predicted molar refractivity (Wildman–Crippen MR) is 84.0 cm³/mol. The number of nitrogens with one attached hydrogen (secondary N) is 1. The average Bonchev–Trinajstić information content (AvgIpc) is 2.86. The minimum atomic E-state index is -0.313. The summed E-state index contributed by atoms with van der Waals surface area (Å²) in [5.74, 6) is 0.703. The Bertz CT molecular complexity index is 583. The van der Waals surface area contributed by atoms with Crippen LogP contribution in [0.25, 0.3) is 0 Å². The Morgan fingerprint density at radius 2 is 2.19 bits per heavy atom. The maximum atomic E-state index is 13.2. The maximum Gasteiger partial charge on any atom is 0.124 e. The molecular formula is C16H21ClFN3. The summed E-state index contributed by atoms with van der Waals surface area (Å²) in [5.41, 5.74) is 0.908. The van der Waals surface area contributed by atoms with Crippen molar-refractivity contribution in [2.24, 2.45) is 0 Å². The molecule has 5 heteroatoms. The van der Waals surface area contributed by atoms with Gasteiger partial charge in [-0.1, -0.05) is 31.5 Å². The van der Waals surface area contributed by atoms with Gasteiger partial charge in [-0.3, -0.25) is 0 Å². The molecule has 1 heterocycles. The molecule has 1 atom stereocenters. The first-order valence-corrected chi connectivity index (χ1v) is 7.71. The smallest absolute Gasteiger partial charge is 0.124 e. The maximum absolute atomic E-state index is 13.2. The van der Waals surface area contributed by atoms with Gasteiger partial charge in [0.15, 0.2) is 0 Å². The molecule has 2 rings (SSSR count). The number of aromatic nitrogens is 2. The van der Waals surface area contributed by atoms with Crippen LogP contribution in [0.1, 0.15) is 37.7 Å². The fraction of sp³-hybridized carbons (Fsp3) is 0.438. The summed E-state index contributed by atoms with van der Waals surface area (Å²) in [6.45, 7) is 5.95. The third-order valence-electron chi connectivity index (χ3n) is 3.44. The number of imidazole rings is 1. The second-order valence-corrected chi connectivity index (χ2v) is 5.42. The fourth-order valence-electron chi connectivity index (χ4n) is 2.48. The van der Waals surface area contributed by atoms with Gasteiger partial charge in [0.25, 0.3) is 0 Å². The van der Waals surface area contributed by atoms with E-state index in [1.807, 2.05) is 19.3 Å². The molecule has 0 aliphatic rings. The predicted octanol–water partition coefficient (Wildman–Crippen LogP) is 3.98. The summed E-state index contributed by atoms with van der Waals surface area (Å²) in [7, 11) is 0. The van der Waals surface area contributed by atoms with Gasteiger partial charge < -0.3 is 9.88 Å². The molecule has 3 nitrogen and oxygen atoms in total. The average molecular weight is 310 g/mol. The van der Waals surface area contributed by atoms with E-state index in [-0.39, 0.29) is 11.9 Å². The highest BCUT2D eigenvalue weighted by molar-refractivity contribution is 6.31. The van der Waals surface area contributed by atoms with Gasteiger partial charge in [-0.25, -0.2) is 9.37 Å². The van der Waals surface area contributed by atoms with E-state index in [4.69, 9.17) is 11.6 Å². The first-order chi connectivity index (χ1) is 10.2. The van der Waals surface area contributed by atoms with Crippen molar-refractivity contribution in [3.05, 3.63) is 52.8 Å². The largest absolute Gasteiger partial charge is 0.335 e. The zero-order valence-corrected chi connectivity index (χ0v) is 13.2. The van der Waals surface area contributed by atoms with Gasteiger partial charge in [-0.05, 0) is 30.7 Å². The van der Waals surface area contributed by atoms with Crippen molar-refractivity contribution in [3.63, 3.8) is 0 Å². The molecule has 21 heavy (non-hydrogen) atoms. The quantitative estimate of drug-likeness (QED) is 0.838. The molecule has 0 amide bonds. The van der Waals surface area contributed by atoms with Crippen LogP contribution in [0.3, 0.4) is 0 Å². The Hall–Kier alpha value is -1.39. The number of hydrogen-bond acceptors (Lipinski definition) is 2. The lowest BCUT2D eigenvalue weighted by Gasteiger charge is -2.20. The van der Waals surface area contributed by atoms with Crippen molar-refractivity contribution in [1.82, 2.24) is 14.9 Å². The Kier molecular flexibility index (Phi) is 5.76. The standard InChI is InChI=1S/C16H21ClFN3/c1-3-8-21-9-7-20-16(21)11-15(19-4-2)13-6-5-12(18)10-14(13)17/h5-7,9-10,15,19H,3-4,8,11H2,1-2H3. The van der Waals surface area contributed by atoms with E-state index < -0.39 is 0 Å². The second-order valence-electron chi connectivity index (χ2n) is 5.02. The van der Waals surface area contributed by atoms with Gasteiger partial charge in [0.05, 0.1) is 0 Å². The third-order valence-corrected chi connectivity index (χ3v) is 3.77. The zero-order chi connectivity index (χ0) is 15.2. The molecule has 2 aromatic rings. The first kappa shape index (κ1) is 16.0. The topological polar surface area (TPSA) is 29.9 Å². The van der Waals surface area contributed by atoms with Gasteiger partial charge in [0, 0.05) is 36.4 Å². The Morgan fingerprint density at radius 3 is 2.86 bits per heavy atom. The molecule has 1 unspecified atom stereocenters. The Morgan fingerprint density at radius 1 is 1.38 bits per heavy atom. The van der Waals surface area contributed by atoms with Crippen LogP contribution in [0, 0.1) is 5.82 Å². The lowest BCUT2D eigenvalue weighted by Crippen LogP contribution is -2.24. The van der Waals surface area contributed by atoms with Crippen molar-refractivity contribution < 1.29 is 4.39 Å². The number of rotatable bonds is 7. The van der Waals surface area contributed by atoms with Crippen LogP contribution >= 0.6 is 11.6 Å². The molecule has 1 aromatic heterocycles. The lowest BCUT2D eigenvalue weighted by molar-refractivity contribution is 0.515. The van der Waals surface area contributed by atoms with E-state index in [2.05, 4.69) is 21.8 Å². The van der Waals surface area contributed by atoms with Gasteiger partial charge in [-0.2, -0.15) is 0 Å². The Labute approximate surface area is 130 Å². The molecule has 0 spiro atoms. The van der Waals surface area contributed by atoms with Gasteiger partial charge in [0.1, 0.15) is 11.6 Å². The minimum absolute atomic E-state index is 0.0288. The van der Waals surface area contributed by atoms with E-state index in [0.717, 1.165) is 37.3 Å². The van der Waals surface area contributed by atoms with E-state index in [1.165, 1.54) is 12.1 Å². The van der Waals surface area contributed by atoms with Crippen molar-refractivity contribution in [2.75, 3.05) is 6.54 Å². The van der Waals surface area contributed by atoms with Gasteiger partial charge in [0.2, 0.25) is 0 Å². The summed E-state index contributed by atoms with van der Waals surface area (Å²) in [5, 5.41) is 3.86. The summed E-state index contributed by atoms with van der Waals surface area (Å²) >= 11 is 6.19. The monoisotopic (exact) mass is 309 g/mol. The molecule has 0 bridgehead atoms. The van der Waals surface area contributed by atoms with Crippen LogP contribution in [0.4, 0.5) is 4.39 Å². The summed E-state index contributed by atoms with van der Waals surface area (Å²) in [4.78, 5) is 4.44. The highest BCUT2D eigenvalue weighted by Crippen LogP contribution is 2.26. The molecule has 0 aliphatic carbocycles. The highest BCUT2D eigenvalue weighted by Gasteiger charge is 2.17. The van der Waals surface area contributed by atoms with Crippen LogP contribution in [0.2, 0.25) is 5.02 Å². The van der Waals surface area contributed by atoms with Gasteiger partial charge in [-0.15, -0.1) is 0 Å². The van der Waals surface area contributed by atoms with Crippen LogP contribution in [0.5, 0.6) is 0 Å². The van der Waals surface area contributed by atoms with Crippen molar-refractivity contribution in [3.8, 4) is 0 Å². The first-order valence-electron chi connectivity index (χ1n) is 7.34. The summed E-state index contributed by atoms with van der Waals surface area (Å²) in [6, 6.07) is 4.59. The Balaban J connectivity index is 2.24. The normalized spacial score (nSPS) is 12.6. The fourth-order valence-corrected chi connectivity index (χ4v) is 2.78. The number of aryl methyl sites for hydroxylation is 1. The van der Waals surface area contributed by atoms with Crippen LogP contribution in [0.15, 0.2) is 30.6 Å². The van der Waals surface area contributed by atoms with Crippen molar-refractivity contribution in [1.29, 1.82) is 0 Å². The number of benzene rings is 1. The molecular weight excluding hydrogens is 289 g/mol. The second kappa shape index (κ2) is 7.57. The number of hydrogen-bond donors (Lipinski definition) is 1. The molecule has 0 aliphatic heterocycles. The zero-order valence-electron chi connectivity index (χ0n) is 12.4. The van der Waals surface area contributed by atoms with Crippen molar-refractivity contribution >= 4 is 11.6 Å². The number of nitrogens with zero attached hydrogens (tertiary/aromatic N) is 2. The van der Waals surface area contributed by atoms with E-state index >= 15 is 0 Å². The molecule has 0 fully saturated rings. The molecule has 0 saturated heterocycles. The van der Waals surface area contributed by atoms with E-state index in [1.54, 1.807) is 6.07 Å². The molecule has 1 aromatic carbocycles. The number of likely N-dealkylation sites (N-methyl/N-ethyl adjacent to an activating group) is 1. The van der Waals surface area contributed by atoms with Gasteiger partial charge >= 0.3 is 0 Å². The van der Waals surface area contributed by atoms with Crippen molar-refractivity contribution in [2.45, 2.75) is 39.3 Å². The van der Waals surface area contributed by atoms with Crippen LogP contribution < -0.4 is 5.32 Å². The minimum Gasteiger partial charge on any atom is -0.335 e. The lowest BCUT2D eigenvalue weighted by atomic mass is 10.0. The van der Waals surface area contributed by atoms with Crippen LogP contribution in [-0.4, -0.2) is 16.1 Å². The summed E-state index contributed by atoms with van der Waals surface area (Å²) < 4.78 is 15.4. The third kappa shape index (κ3) is 4.05. The highest BCUT2D eigenvalue weighted by atomic mass is 35.5. The molecule has 114 valence electrons. The number of halogens is 2. The summed E-state index contributed by atoms with van der Waals surface area (Å²) in [6.07, 6.45) is 5.60. The van der Waals surface area contributed by atoms with E-state index in [9.17, 15) is 4.39 Å². The van der Waals surface area contributed by atoms with E-state index in [0.29, 0.717) is 5.02 Å². The molecule has 1 N–H and O–H groups in total. The molecule has 0 radical (unpaired) electrons. The van der Waals surface area contributed by atoms with Crippen LogP contribution in [-0.2, 0) is 13.0 Å². The molecule has 0 saturated carbocycles.